The molecular weight excluding hydrogens is 636 g/mol. The zero-order valence-electron chi connectivity index (χ0n) is 14.6. The topological polar surface area (TPSA) is 70.3 Å². The van der Waals surface area contributed by atoms with E-state index in [1.165, 1.54) is 6.07 Å². The van der Waals surface area contributed by atoms with Gasteiger partial charge in [-0.2, -0.15) is 0 Å². The highest BCUT2D eigenvalue weighted by Gasteiger charge is 2.25. The summed E-state index contributed by atoms with van der Waals surface area (Å²) in [5, 5.41) is 12.5. The van der Waals surface area contributed by atoms with E-state index in [0.717, 1.165) is 10.0 Å². The normalized spacial score (nSPS) is 11.3. The van der Waals surface area contributed by atoms with Crippen molar-refractivity contribution < 1.29 is 14.3 Å². The Balaban J connectivity index is 2.34. The fraction of sp³-hybridized carbons (Fsp3) is 0.0476. The molecule has 2 aromatic rings. The van der Waals surface area contributed by atoms with Gasteiger partial charge in [0.15, 0.2) is 5.76 Å². The van der Waals surface area contributed by atoms with E-state index in [9.17, 15) is 14.7 Å². The quantitative estimate of drug-likeness (QED) is 0.241. The average Bonchev–Trinajstić information content (AvgIpc) is 2.69. The van der Waals surface area contributed by atoms with Crippen LogP contribution in [0.25, 0.3) is 33.4 Å². The number of carbonyl (C=O) groups is 1. The predicted molar refractivity (Wildman–Crippen MR) is 124 cm³/mol. The van der Waals surface area contributed by atoms with Gasteiger partial charge in [-0.3, -0.25) is 4.79 Å². The van der Waals surface area contributed by atoms with Gasteiger partial charge in [0.05, 0.1) is 14.9 Å². The molecule has 0 saturated heterocycles. The standard InChI is InChI=1S/C21H10Br4O4/c1-8-13(22)6-11-15(9-4-2-3-5-10(9)21(27)28)12-7-14(23)18(26)17(25)20(12)29-19(11)16(8)24/h2-7H,1H3,(H,27,28)/p-1. The molecule has 2 aliphatic rings. The molecule has 1 heterocycles. The summed E-state index contributed by atoms with van der Waals surface area (Å²) in [5.74, 6) is -0.956. The fourth-order valence-electron chi connectivity index (χ4n) is 3.27. The lowest BCUT2D eigenvalue weighted by Crippen LogP contribution is -2.23. The Kier molecular flexibility index (Phi) is 5.48. The van der Waals surface area contributed by atoms with Crippen molar-refractivity contribution in [2.45, 2.75) is 6.92 Å². The van der Waals surface area contributed by atoms with E-state index in [2.05, 4.69) is 63.7 Å². The minimum Gasteiger partial charge on any atom is -0.545 e. The molecule has 29 heavy (non-hydrogen) atoms. The number of aromatic carboxylic acids is 1. The first-order valence-electron chi connectivity index (χ1n) is 8.26. The molecule has 0 atom stereocenters. The van der Waals surface area contributed by atoms with E-state index in [4.69, 9.17) is 4.42 Å². The Labute approximate surface area is 198 Å². The van der Waals surface area contributed by atoms with Gasteiger partial charge in [-0.15, -0.1) is 0 Å². The molecule has 146 valence electrons. The first-order chi connectivity index (χ1) is 13.7. The summed E-state index contributed by atoms with van der Waals surface area (Å²) >= 11 is 13.8. The SMILES string of the molecule is Cc1c(Br)cc2c(-c3ccccc3C(=O)[O-])c3cc(Br)c(=O)c(Br)c-3oc2c1Br. The highest BCUT2D eigenvalue weighted by molar-refractivity contribution is 9.11. The van der Waals surface area contributed by atoms with Crippen LogP contribution in [0.3, 0.4) is 0 Å². The highest BCUT2D eigenvalue weighted by Crippen LogP contribution is 2.47. The molecule has 0 spiro atoms. The monoisotopic (exact) mass is 641 g/mol. The number of rotatable bonds is 2. The number of fused-ring (bicyclic) bond motifs is 2. The van der Waals surface area contributed by atoms with Gasteiger partial charge in [-0.1, -0.05) is 40.2 Å². The number of hydrogen-bond donors (Lipinski definition) is 0. The maximum absolute atomic E-state index is 12.5. The second-order valence-electron chi connectivity index (χ2n) is 6.36. The molecular formula is C21H9Br4O4-. The molecule has 4 rings (SSSR count). The van der Waals surface area contributed by atoms with Crippen LogP contribution in [0.2, 0.25) is 0 Å². The van der Waals surface area contributed by atoms with Gasteiger partial charge in [-0.25, -0.2) is 0 Å². The zero-order chi connectivity index (χ0) is 21.0. The first kappa shape index (κ1) is 20.8. The number of halogens is 4. The van der Waals surface area contributed by atoms with Crippen molar-refractivity contribution in [2.24, 2.45) is 0 Å². The Hall–Kier alpha value is -1.48. The Morgan fingerprint density at radius 2 is 1.66 bits per heavy atom. The van der Waals surface area contributed by atoms with Crippen LogP contribution in [-0.4, -0.2) is 5.97 Å². The largest absolute Gasteiger partial charge is 0.545 e. The molecule has 0 unspecified atom stereocenters. The molecule has 0 N–H and O–H groups in total. The van der Waals surface area contributed by atoms with Gasteiger partial charge in [-0.05, 0) is 78.0 Å². The summed E-state index contributed by atoms with van der Waals surface area (Å²) in [5.41, 5.74) is 2.89. The van der Waals surface area contributed by atoms with Crippen molar-refractivity contribution in [1.29, 1.82) is 0 Å². The fourth-order valence-corrected chi connectivity index (χ4v) is 5.67. The van der Waals surface area contributed by atoms with Crippen molar-refractivity contribution in [3.05, 3.63) is 75.6 Å². The van der Waals surface area contributed by atoms with Crippen LogP contribution in [0.1, 0.15) is 15.9 Å². The Bertz CT molecular complexity index is 1360. The molecule has 2 aromatic carbocycles. The molecule has 8 heteroatoms. The second kappa shape index (κ2) is 7.65. The third kappa shape index (κ3) is 3.30. The molecule has 0 radical (unpaired) electrons. The van der Waals surface area contributed by atoms with E-state index < -0.39 is 5.97 Å². The number of carbonyl (C=O) groups excluding carboxylic acids is 1. The summed E-state index contributed by atoms with van der Waals surface area (Å²) in [7, 11) is 0. The van der Waals surface area contributed by atoms with Crippen LogP contribution in [0.4, 0.5) is 0 Å². The molecule has 0 fully saturated rings. The van der Waals surface area contributed by atoms with Crippen molar-refractivity contribution in [2.75, 3.05) is 0 Å². The molecule has 0 amide bonds. The van der Waals surface area contributed by atoms with Crippen LogP contribution in [0.5, 0.6) is 0 Å². The summed E-state index contributed by atoms with van der Waals surface area (Å²) in [6, 6.07) is 10.1. The lowest BCUT2D eigenvalue weighted by Gasteiger charge is -2.20. The first-order valence-corrected chi connectivity index (χ1v) is 11.4. The maximum Gasteiger partial charge on any atom is 0.210 e. The van der Waals surface area contributed by atoms with Crippen molar-refractivity contribution >= 4 is 80.7 Å². The van der Waals surface area contributed by atoms with Crippen molar-refractivity contribution in [3.63, 3.8) is 0 Å². The lowest BCUT2D eigenvalue weighted by molar-refractivity contribution is -0.254. The van der Waals surface area contributed by atoms with Crippen molar-refractivity contribution in [3.8, 4) is 22.5 Å². The summed E-state index contributed by atoms with van der Waals surface area (Å²) in [4.78, 5) is 24.3. The average molecular weight is 645 g/mol. The van der Waals surface area contributed by atoms with Gasteiger partial charge >= 0.3 is 0 Å². The summed E-state index contributed by atoms with van der Waals surface area (Å²) < 4.78 is 8.27. The van der Waals surface area contributed by atoms with E-state index in [1.807, 2.05) is 13.0 Å². The van der Waals surface area contributed by atoms with Crippen LogP contribution in [0.15, 0.2) is 63.5 Å². The third-order valence-corrected chi connectivity index (χ3v) is 7.78. The van der Waals surface area contributed by atoms with Gasteiger partial charge < -0.3 is 14.3 Å². The van der Waals surface area contributed by atoms with Gasteiger partial charge in [0.1, 0.15) is 10.1 Å². The lowest BCUT2D eigenvalue weighted by atomic mass is 9.90. The van der Waals surface area contributed by atoms with Crippen LogP contribution in [0, 0.1) is 6.92 Å². The van der Waals surface area contributed by atoms with Gasteiger partial charge in [0, 0.05) is 26.5 Å². The van der Waals surface area contributed by atoms with Crippen LogP contribution >= 0.6 is 63.7 Å². The molecule has 4 nitrogen and oxygen atoms in total. The van der Waals surface area contributed by atoms with Gasteiger partial charge in [0.25, 0.3) is 0 Å². The zero-order valence-corrected chi connectivity index (χ0v) is 21.0. The smallest absolute Gasteiger partial charge is 0.210 e. The minimum absolute atomic E-state index is 0.0487. The highest BCUT2D eigenvalue weighted by atomic mass is 79.9. The second-order valence-corrected chi connectivity index (χ2v) is 9.66. The predicted octanol–water partition coefficient (Wildman–Crippen LogP) is 6.29. The van der Waals surface area contributed by atoms with Crippen molar-refractivity contribution in [1.82, 2.24) is 0 Å². The minimum atomic E-state index is -1.29. The van der Waals surface area contributed by atoms with E-state index in [0.29, 0.717) is 42.4 Å². The number of carboxylic acids is 1. The van der Waals surface area contributed by atoms with Crippen LogP contribution < -0.4 is 10.5 Å². The number of carboxylic acid groups (broad SMARTS) is 1. The van der Waals surface area contributed by atoms with E-state index >= 15 is 0 Å². The number of benzene rings is 3. The van der Waals surface area contributed by atoms with Gasteiger partial charge in [0.2, 0.25) is 5.43 Å². The van der Waals surface area contributed by atoms with E-state index in [1.54, 1.807) is 24.3 Å². The summed E-state index contributed by atoms with van der Waals surface area (Å²) in [6.07, 6.45) is 0. The third-order valence-electron chi connectivity index (χ3n) is 4.69. The molecule has 1 aliphatic heterocycles. The summed E-state index contributed by atoms with van der Waals surface area (Å²) in [6.45, 7) is 1.91. The molecule has 1 aliphatic carbocycles. The molecule has 0 saturated carbocycles. The Morgan fingerprint density at radius 1 is 0.966 bits per heavy atom. The van der Waals surface area contributed by atoms with Crippen LogP contribution in [-0.2, 0) is 0 Å². The maximum atomic E-state index is 12.5. The Morgan fingerprint density at radius 3 is 2.34 bits per heavy atom. The number of hydrogen-bond acceptors (Lipinski definition) is 4. The molecule has 0 bridgehead atoms. The molecule has 0 aromatic heterocycles. The van der Waals surface area contributed by atoms with E-state index in [-0.39, 0.29) is 15.5 Å².